The number of nitrogens with one attached hydrogen (secondary N) is 2. The zero-order valence-electron chi connectivity index (χ0n) is 13.8. The summed E-state index contributed by atoms with van der Waals surface area (Å²) in [4.78, 5) is 20.5. The molecular formula is C18H22N4O2. The van der Waals surface area contributed by atoms with Crippen molar-refractivity contribution >= 4 is 11.9 Å². The van der Waals surface area contributed by atoms with Crippen molar-refractivity contribution in [3.63, 3.8) is 0 Å². The van der Waals surface area contributed by atoms with Gasteiger partial charge in [-0.3, -0.25) is 4.79 Å². The Kier molecular flexibility index (Phi) is 5.38. The predicted octanol–water partition coefficient (Wildman–Crippen LogP) is 2.31. The largest absolute Gasteiger partial charge is 0.376 e. The lowest BCUT2D eigenvalue weighted by Crippen LogP contribution is -2.31. The van der Waals surface area contributed by atoms with E-state index in [9.17, 15) is 4.79 Å². The van der Waals surface area contributed by atoms with Crippen LogP contribution in [0.1, 0.15) is 34.3 Å². The van der Waals surface area contributed by atoms with E-state index in [0.717, 1.165) is 25.0 Å². The van der Waals surface area contributed by atoms with Crippen molar-refractivity contribution in [2.75, 3.05) is 18.5 Å². The number of ether oxygens (including phenoxy) is 1. The number of rotatable bonds is 6. The van der Waals surface area contributed by atoms with Crippen LogP contribution in [0.2, 0.25) is 0 Å². The Morgan fingerprint density at radius 2 is 2.17 bits per heavy atom. The highest BCUT2D eigenvalue weighted by molar-refractivity contribution is 5.93. The molecule has 1 aliphatic rings. The molecule has 126 valence electrons. The lowest BCUT2D eigenvalue weighted by Gasteiger charge is -2.10. The van der Waals surface area contributed by atoms with Crippen LogP contribution in [0, 0.1) is 6.92 Å². The normalized spacial score (nSPS) is 16.8. The molecule has 0 bridgehead atoms. The average molecular weight is 326 g/mol. The number of nitrogens with zero attached hydrogens (tertiary/aromatic N) is 2. The van der Waals surface area contributed by atoms with Crippen LogP contribution in [0.15, 0.2) is 36.7 Å². The standard InChI is InChI=1S/C18H22N4O2/c1-13-4-2-5-14(8-13)9-20-18-21-10-15(11-22-18)17(23)19-12-16-6-3-7-24-16/h2,4-5,8,10-11,16H,3,6-7,9,12H2,1H3,(H,19,23)(H,20,21,22). The molecular weight excluding hydrogens is 304 g/mol. The summed E-state index contributed by atoms with van der Waals surface area (Å²) in [6, 6.07) is 8.24. The van der Waals surface area contributed by atoms with Gasteiger partial charge in [0.15, 0.2) is 0 Å². The predicted molar refractivity (Wildman–Crippen MR) is 91.8 cm³/mol. The van der Waals surface area contributed by atoms with Gasteiger partial charge in [-0.1, -0.05) is 29.8 Å². The summed E-state index contributed by atoms with van der Waals surface area (Å²) in [6.45, 7) is 4.02. The SMILES string of the molecule is Cc1cccc(CNc2ncc(C(=O)NCC3CCCO3)cn2)c1. The van der Waals surface area contributed by atoms with Crippen LogP contribution in [0.5, 0.6) is 0 Å². The Bertz CT molecular complexity index is 682. The van der Waals surface area contributed by atoms with E-state index in [-0.39, 0.29) is 12.0 Å². The molecule has 1 fully saturated rings. The molecule has 1 saturated heterocycles. The Labute approximate surface area is 141 Å². The van der Waals surface area contributed by atoms with Crippen LogP contribution >= 0.6 is 0 Å². The Morgan fingerprint density at radius 1 is 1.33 bits per heavy atom. The number of anilines is 1. The lowest BCUT2D eigenvalue weighted by atomic mass is 10.1. The van der Waals surface area contributed by atoms with E-state index < -0.39 is 0 Å². The van der Waals surface area contributed by atoms with Crippen molar-refractivity contribution < 1.29 is 9.53 Å². The molecule has 1 aromatic heterocycles. The molecule has 6 heteroatoms. The number of carbonyl (C=O) groups excluding carboxylic acids is 1. The fourth-order valence-corrected chi connectivity index (χ4v) is 2.65. The van der Waals surface area contributed by atoms with Gasteiger partial charge in [0.1, 0.15) is 0 Å². The third-order valence-electron chi connectivity index (χ3n) is 3.96. The van der Waals surface area contributed by atoms with Gasteiger partial charge in [-0.25, -0.2) is 9.97 Å². The first-order valence-corrected chi connectivity index (χ1v) is 8.22. The minimum absolute atomic E-state index is 0.130. The second-order valence-electron chi connectivity index (χ2n) is 5.98. The number of carbonyl (C=O) groups is 1. The van der Waals surface area contributed by atoms with E-state index >= 15 is 0 Å². The molecule has 1 aromatic carbocycles. The van der Waals surface area contributed by atoms with Crippen molar-refractivity contribution in [3.05, 3.63) is 53.3 Å². The van der Waals surface area contributed by atoms with Gasteiger partial charge in [-0.15, -0.1) is 0 Å². The van der Waals surface area contributed by atoms with Crippen molar-refractivity contribution in [3.8, 4) is 0 Å². The second kappa shape index (κ2) is 7.88. The Balaban J connectivity index is 1.50. The first-order chi connectivity index (χ1) is 11.7. The molecule has 3 rings (SSSR count). The summed E-state index contributed by atoms with van der Waals surface area (Å²) in [5.74, 6) is 0.336. The highest BCUT2D eigenvalue weighted by atomic mass is 16.5. The van der Waals surface area contributed by atoms with Gasteiger partial charge in [0.05, 0.1) is 11.7 Å². The highest BCUT2D eigenvalue weighted by Gasteiger charge is 2.16. The van der Waals surface area contributed by atoms with Crippen molar-refractivity contribution in [1.82, 2.24) is 15.3 Å². The summed E-state index contributed by atoms with van der Waals surface area (Å²) in [5.41, 5.74) is 2.83. The van der Waals surface area contributed by atoms with Crippen molar-refractivity contribution in [2.45, 2.75) is 32.4 Å². The van der Waals surface area contributed by atoms with E-state index in [1.807, 2.05) is 12.1 Å². The van der Waals surface area contributed by atoms with Gasteiger partial charge in [-0.05, 0) is 25.3 Å². The topological polar surface area (TPSA) is 76.1 Å². The molecule has 2 aromatic rings. The number of benzene rings is 1. The maximum atomic E-state index is 12.1. The summed E-state index contributed by atoms with van der Waals surface area (Å²) in [7, 11) is 0. The zero-order valence-corrected chi connectivity index (χ0v) is 13.8. The molecule has 1 unspecified atom stereocenters. The Morgan fingerprint density at radius 3 is 2.88 bits per heavy atom. The minimum Gasteiger partial charge on any atom is -0.376 e. The molecule has 0 spiro atoms. The lowest BCUT2D eigenvalue weighted by molar-refractivity contribution is 0.0857. The zero-order chi connectivity index (χ0) is 16.8. The number of hydrogen-bond acceptors (Lipinski definition) is 5. The van der Waals surface area contributed by atoms with Gasteiger partial charge in [0, 0.05) is 32.1 Å². The summed E-state index contributed by atoms with van der Waals surface area (Å²) < 4.78 is 5.48. The molecule has 2 heterocycles. The van der Waals surface area contributed by atoms with E-state index in [2.05, 4.69) is 39.7 Å². The molecule has 0 radical (unpaired) electrons. The van der Waals surface area contributed by atoms with Crippen LogP contribution in [0.4, 0.5) is 5.95 Å². The van der Waals surface area contributed by atoms with E-state index in [4.69, 9.17) is 4.74 Å². The van der Waals surface area contributed by atoms with Gasteiger partial charge in [-0.2, -0.15) is 0 Å². The highest BCUT2D eigenvalue weighted by Crippen LogP contribution is 2.11. The molecule has 2 N–H and O–H groups in total. The van der Waals surface area contributed by atoms with Crippen LogP contribution in [-0.4, -0.2) is 35.1 Å². The van der Waals surface area contributed by atoms with Crippen LogP contribution < -0.4 is 10.6 Å². The summed E-state index contributed by atoms with van der Waals surface area (Å²) >= 11 is 0. The summed E-state index contributed by atoms with van der Waals surface area (Å²) in [6.07, 6.45) is 5.27. The van der Waals surface area contributed by atoms with E-state index in [1.54, 1.807) is 0 Å². The van der Waals surface area contributed by atoms with Crippen molar-refractivity contribution in [2.24, 2.45) is 0 Å². The first kappa shape index (κ1) is 16.4. The Hall–Kier alpha value is -2.47. The third-order valence-corrected chi connectivity index (χ3v) is 3.96. The van der Waals surface area contributed by atoms with Gasteiger partial charge in [0.2, 0.25) is 5.95 Å². The van der Waals surface area contributed by atoms with E-state index in [1.165, 1.54) is 18.0 Å². The molecule has 1 aliphatic heterocycles. The summed E-state index contributed by atoms with van der Waals surface area (Å²) in [5, 5.41) is 6.02. The van der Waals surface area contributed by atoms with Crippen LogP contribution in [0.25, 0.3) is 0 Å². The number of aromatic nitrogens is 2. The van der Waals surface area contributed by atoms with Gasteiger partial charge >= 0.3 is 0 Å². The van der Waals surface area contributed by atoms with Crippen LogP contribution in [-0.2, 0) is 11.3 Å². The second-order valence-corrected chi connectivity index (χ2v) is 5.98. The number of aryl methyl sites for hydroxylation is 1. The minimum atomic E-state index is -0.171. The quantitative estimate of drug-likeness (QED) is 0.852. The third kappa shape index (κ3) is 4.52. The van der Waals surface area contributed by atoms with Gasteiger partial charge < -0.3 is 15.4 Å². The van der Waals surface area contributed by atoms with Crippen LogP contribution in [0.3, 0.4) is 0 Å². The molecule has 1 atom stereocenters. The molecule has 24 heavy (non-hydrogen) atoms. The monoisotopic (exact) mass is 326 g/mol. The fraction of sp³-hybridized carbons (Fsp3) is 0.389. The molecule has 0 aliphatic carbocycles. The fourth-order valence-electron chi connectivity index (χ4n) is 2.65. The number of hydrogen-bond donors (Lipinski definition) is 2. The molecule has 1 amide bonds. The van der Waals surface area contributed by atoms with Crippen molar-refractivity contribution in [1.29, 1.82) is 0 Å². The van der Waals surface area contributed by atoms with E-state index in [0.29, 0.717) is 24.6 Å². The van der Waals surface area contributed by atoms with Gasteiger partial charge in [0.25, 0.3) is 5.91 Å². The molecule has 0 saturated carbocycles. The number of amides is 1. The average Bonchev–Trinajstić information content (AvgIpc) is 3.12. The molecule has 6 nitrogen and oxygen atoms in total. The maximum absolute atomic E-state index is 12.1. The maximum Gasteiger partial charge on any atom is 0.254 e. The smallest absolute Gasteiger partial charge is 0.254 e. The first-order valence-electron chi connectivity index (χ1n) is 8.22.